The van der Waals surface area contributed by atoms with Crippen molar-refractivity contribution in [2.45, 2.75) is 0 Å². The van der Waals surface area contributed by atoms with Crippen LogP contribution in [0.1, 0.15) is 0 Å². The lowest BCUT2D eigenvalue weighted by Gasteiger charge is -2.44. The zero-order valence-electron chi connectivity index (χ0n) is 37.4. The molecule has 0 spiro atoms. The summed E-state index contributed by atoms with van der Waals surface area (Å²) in [7, 11) is -6.25. The van der Waals surface area contributed by atoms with Crippen molar-refractivity contribution in [1.29, 1.82) is 0 Å². The van der Waals surface area contributed by atoms with E-state index in [0.29, 0.717) is 0 Å². The second-order valence-corrected chi connectivity index (χ2v) is 25.6. The molecule has 0 aliphatic carbocycles. The average Bonchev–Trinajstić information content (AvgIpc) is 4.08. The maximum atomic E-state index is 6.79. The summed E-state index contributed by atoms with van der Waals surface area (Å²) in [5.41, 5.74) is 6.04. The van der Waals surface area contributed by atoms with Gasteiger partial charge in [-0.3, -0.25) is 9.30 Å². The molecule has 13 aromatic rings. The number of anilines is 3. The first-order valence-corrected chi connectivity index (χ1v) is 27.6. The first-order valence-electron chi connectivity index (χ1n) is 23.6. The SMILES string of the molecule is c1ccc([Si](c2ccccc2)(c2cccc(N3c4ccc5oc6ccccc6c5c4[Si](c4ccccc4)(c4ccccc4)c4cccnc43)c2)c2ccc3c4ccccc4n4ccnc4c3c2)cc1. The Morgan fingerprint density at radius 3 is 1.81 bits per heavy atom. The normalized spacial score (nSPS) is 13.3. The molecule has 9 aromatic carbocycles. The minimum Gasteiger partial charge on any atom is -0.456 e. The molecule has 0 fully saturated rings. The monoisotopic (exact) mass is 914 g/mol. The van der Waals surface area contributed by atoms with Crippen LogP contribution in [-0.2, 0) is 0 Å². The van der Waals surface area contributed by atoms with Gasteiger partial charge in [0, 0.05) is 51.5 Å². The van der Waals surface area contributed by atoms with Gasteiger partial charge in [-0.2, -0.15) is 0 Å². The molecule has 7 heteroatoms. The Morgan fingerprint density at radius 2 is 1.07 bits per heavy atom. The van der Waals surface area contributed by atoms with E-state index in [1.807, 2.05) is 12.4 Å². The van der Waals surface area contributed by atoms with E-state index >= 15 is 0 Å². The van der Waals surface area contributed by atoms with E-state index in [9.17, 15) is 0 Å². The fraction of sp³-hybridized carbons (Fsp3) is 0. The third kappa shape index (κ3) is 5.63. The highest BCUT2D eigenvalue weighted by atomic mass is 28.3. The number of fused-ring (bicyclic) bond motifs is 12. The van der Waals surface area contributed by atoms with Crippen LogP contribution in [0.15, 0.2) is 260 Å². The molecular weight excluding hydrogens is 873 g/mol. The standard InChI is InChI=1S/C62H42N4OSi2/c1-5-20-44(21-6-1)68(45-22-7-2-8-23-45,49-34-35-50-51-29-13-15-31-54(51)65-40-39-64-61(65)53(50)42-49)48-28-17-19-43(41-48)66-55-36-37-57-59(52-30-14-16-32-56(52)67-57)60(55)69(46-24-9-3-10-25-46,47-26-11-4-12-27-47)58-33-18-38-63-62(58)66/h1-42H. The smallest absolute Gasteiger partial charge is 0.187 e. The van der Waals surface area contributed by atoms with Crippen LogP contribution in [0.2, 0.25) is 0 Å². The Balaban J connectivity index is 1.09. The summed E-state index contributed by atoms with van der Waals surface area (Å²) in [5, 5.41) is 16.1. The van der Waals surface area contributed by atoms with Gasteiger partial charge in [0.25, 0.3) is 0 Å². The average molecular weight is 915 g/mol. The molecule has 5 heterocycles. The summed E-state index contributed by atoms with van der Waals surface area (Å²) in [6.07, 6.45) is 5.97. The minimum absolute atomic E-state index is 0.882. The third-order valence-corrected chi connectivity index (χ3v) is 24.3. The van der Waals surface area contributed by atoms with Crippen LogP contribution in [-0.4, -0.2) is 30.5 Å². The van der Waals surface area contributed by atoms with Crippen molar-refractivity contribution >= 4 is 124 Å². The van der Waals surface area contributed by atoms with Gasteiger partial charge in [-0.05, 0) is 89.3 Å². The summed E-state index contributed by atoms with van der Waals surface area (Å²) >= 11 is 0. The van der Waals surface area contributed by atoms with Crippen LogP contribution in [0.5, 0.6) is 0 Å². The summed E-state index contributed by atoms with van der Waals surface area (Å²) in [4.78, 5) is 12.9. The zero-order chi connectivity index (χ0) is 45.5. The van der Waals surface area contributed by atoms with Crippen LogP contribution < -0.4 is 46.4 Å². The lowest BCUT2D eigenvalue weighted by Crippen LogP contribution is -2.77. The molecule has 324 valence electrons. The van der Waals surface area contributed by atoms with Gasteiger partial charge in [-0.25, -0.2) is 9.97 Å². The van der Waals surface area contributed by atoms with Gasteiger partial charge in [0.1, 0.15) is 22.6 Å². The van der Waals surface area contributed by atoms with Gasteiger partial charge in [0.05, 0.1) is 5.52 Å². The molecule has 69 heavy (non-hydrogen) atoms. The van der Waals surface area contributed by atoms with Crippen LogP contribution in [0.25, 0.3) is 49.3 Å². The quantitative estimate of drug-likeness (QED) is 0.0909. The van der Waals surface area contributed by atoms with E-state index in [4.69, 9.17) is 14.4 Å². The number of imidazole rings is 1. The molecule has 0 saturated heterocycles. The zero-order valence-corrected chi connectivity index (χ0v) is 39.4. The number of nitrogens with zero attached hydrogens (tertiary/aromatic N) is 4. The molecule has 0 N–H and O–H groups in total. The molecule has 1 aliphatic rings. The molecular formula is C62H42N4OSi2. The topological polar surface area (TPSA) is 46.6 Å². The van der Waals surface area contributed by atoms with Crippen LogP contribution in [0.3, 0.4) is 0 Å². The fourth-order valence-corrected chi connectivity index (χ4v) is 22.0. The van der Waals surface area contributed by atoms with E-state index < -0.39 is 16.1 Å². The highest BCUT2D eigenvalue weighted by Gasteiger charge is 2.51. The second-order valence-electron chi connectivity index (χ2n) is 18.1. The number of benzene rings is 9. The Kier molecular flexibility index (Phi) is 8.86. The molecule has 4 aromatic heterocycles. The molecule has 0 radical (unpaired) electrons. The molecule has 0 atom stereocenters. The Labute approximate surface area is 400 Å². The van der Waals surface area contributed by atoms with Crippen molar-refractivity contribution in [3.05, 3.63) is 255 Å². The van der Waals surface area contributed by atoms with Crippen LogP contribution in [0, 0.1) is 0 Å². The van der Waals surface area contributed by atoms with Crippen molar-refractivity contribution in [3.63, 3.8) is 0 Å². The Hall–Kier alpha value is -8.63. The van der Waals surface area contributed by atoms with E-state index in [2.05, 4.69) is 252 Å². The van der Waals surface area contributed by atoms with E-state index in [1.54, 1.807) is 0 Å². The highest BCUT2D eigenvalue weighted by Crippen LogP contribution is 2.41. The van der Waals surface area contributed by atoms with Crippen molar-refractivity contribution in [2.24, 2.45) is 0 Å². The summed E-state index contributed by atoms with van der Waals surface area (Å²) in [5.74, 6) is 0.944. The lowest BCUT2D eigenvalue weighted by atomic mass is 10.1. The maximum Gasteiger partial charge on any atom is 0.187 e. The van der Waals surface area contributed by atoms with Crippen molar-refractivity contribution < 1.29 is 4.42 Å². The number of aromatic nitrogens is 3. The molecule has 1 aliphatic heterocycles. The fourth-order valence-electron chi connectivity index (χ4n) is 12.0. The molecule has 0 amide bonds. The van der Waals surface area contributed by atoms with E-state index in [1.165, 1.54) is 52.3 Å². The summed E-state index contributed by atoms with van der Waals surface area (Å²) < 4.78 is 9.03. The number of pyridine rings is 2. The van der Waals surface area contributed by atoms with Gasteiger partial charge in [0.2, 0.25) is 0 Å². The predicted octanol–water partition coefficient (Wildman–Crippen LogP) is 9.47. The van der Waals surface area contributed by atoms with Crippen molar-refractivity contribution in [1.82, 2.24) is 14.4 Å². The maximum absolute atomic E-state index is 6.79. The van der Waals surface area contributed by atoms with Gasteiger partial charge in [-0.15, -0.1) is 0 Å². The van der Waals surface area contributed by atoms with Crippen LogP contribution in [0.4, 0.5) is 17.2 Å². The first-order chi connectivity index (χ1) is 34.2. The predicted molar refractivity (Wildman–Crippen MR) is 291 cm³/mol. The third-order valence-electron chi connectivity index (χ3n) is 14.7. The van der Waals surface area contributed by atoms with E-state index in [0.717, 1.165) is 55.7 Å². The van der Waals surface area contributed by atoms with Gasteiger partial charge in [-0.1, -0.05) is 194 Å². The first kappa shape index (κ1) is 39.5. The molecule has 0 saturated carbocycles. The largest absolute Gasteiger partial charge is 0.456 e. The Bertz CT molecular complexity index is 4020. The Morgan fingerprint density at radius 1 is 0.435 bits per heavy atom. The van der Waals surface area contributed by atoms with Crippen LogP contribution >= 0.6 is 0 Å². The number of hydrogen-bond acceptors (Lipinski definition) is 4. The van der Waals surface area contributed by atoms with Gasteiger partial charge < -0.3 is 4.42 Å². The summed E-state index contributed by atoms with van der Waals surface area (Å²) in [6, 6.07) is 87.5. The lowest BCUT2D eigenvalue weighted by molar-refractivity contribution is 0.669. The number of rotatable bonds is 7. The van der Waals surface area contributed by atoms with Gasteiger partial charge >= 0.3 is 0 Å². The van der Waals surface area contributed by atoms with Gasteiger partial charge in [0.15, 0.2) is 16.1 Å². The van der Waals surface area contributed by atoms with E-state index in [-0.39, 0.29) is 0 Å². The van der Waals surface area contributed by atoms with Crippen molar-refractivity contribution in [2.75, 3.05) is 4.90 Å². The molecule has 14 rings (SSSR count). The highest BCUT2D eigenvalue weighted by molar-refractivity contribution is 7.22. The number of furan rings is 1. The minimum atomic E-state index is -3.13. The number of para-hydroxylation sites is 2. The molecule has 5 nitrogen and oxygen atoms in total. The second kappa shape index (κ2) is 15.5. The summed E-state index contributed by atoms with van der Waals surface area (Å²) in [6.45, 7) is 0. The molecule has 0 bridgehead atoms. The van der Waals surface area contributed by atoms with Crippen molar-refractivity contribution in [3.8, 4) is 0 Å². The number of hydrogen-bond donors (Lipinski definition) is 0. The molecule has 0 unspecified atom stereocenters.